The summed E-state index contributed by atoms with van der Waals surface area (Å²) in [4.78, 5) is 12.5. The van der Waals surface area contributed by atoms with E-state index in [-0.39, 0.29) is 6.10 Å². The van der Waals surface area contributed by atoms with E-state index in [1.54, 1.807) is 5.57 Å². The second-order valence-electron chi connectivity index (χ2n) is 15.2. The Morgan fingerprint density at radius 3 is 2.15 bits per heavy atom. The number of hydrogen-bond donors (Lipinski definition) is 0. The molecule has 0 aromatic carbocycles. The summed E-state index contributed by atoms with van der Waals surface area (Å²) in [5, 5.41) is 0. The number of ether oxygens (including phenoxy) is 2. The van der Waals surface area contributed by atoms with Crippen molar-refractivity contribution >= 4 is 6.16 Å². The first kappa shape index (κ1) is 32.9. The van der Waals surface area contributed by atoms with E-state index in [0.29, 0.717) is 17.4 Å². The van der Waals surface area contributed by atoms with Gasteiger partial charge in [-0.15, -0.1) is 0 Å². The molecule has 3 heteroatoms. The molecule has 236 valence electrons. The lowest BCUT2D eigenvalue weighted by Crippen LogP contribution is -2.50. The first-order valence-corrected chi connectivity index (χ1v) is 18.4. The minimum absolute atomic E-state index is 0.000940. The fourth-order valence-corrected chi connectivity index (χ4v) is 10.0. The van der Waals surface area contributed by atoms with Crippen LogP contribution in [0, 0.1) is 34.5 Å². The Bertz CT molecular complexity index is 818. The lowest BCUT2D eigenvalue weighted by Gasteiger charge is -2.58. The summed E-state index contributed by atoms with van der Waals surface area (Å²) in [5.74, 6) is 3.56. The molecule has 0 bridgehead atoms. The number of carbonyl (C=O) groups is 1. The van der Waals surface area contributed by atoms with Gasteiger partial charge in [0.05, 0.1) is 6.61 Å². The Kier molecular flexibility index (Phi) is 13.0. The van der Waals surface area contributed by atoms with Gasteiger partial charge in [-0.3, -0.25) is 0 Å². The minimum atomic E-state index is -0.438. The van der Waals surface area contributed by atoms with Gasteiger partial charge in [-0.1, -0.05) is 123 Å². The number of rotatable bonds is 17. The van der Waals surface area contributed by atoms with Gasteiger partial charge in [-0.05, 0) is 92.3 Å². The lowest BCUT2D eigenvalue weighted by atomic mass is 9.47. The van der Waals surface area contributed by atoms with Gasteiger partial charge in [0.1, 0.15) is 6.10 Å². The van der Waals surface area contributed by atoms with Gasteiger partial charge in [0.25, 0.3) is 0 Å². The quantitative estimate of drug-likeness (QED) is 0.0991. The second kappa shape index (κ2) is 16.2. The predicted octanol–water partition coefficient (Wildman–Crippen LogP) is 12.0. The highest BCUT2D eigenvalue weighted by Crippen LogP contribution is 2.66. The molecule has 0 spiro atoms. The van der Waals surface area contributed by atoms with Crippen LogP contribution in [0.1, 0.15) is 175 Å². The van der Waals surface area contributed by atoms with E-state index in [9.17, 15) is 4.79 Å². The molecule has 4 aliphatic carbocycles. The minimum Gasteiger partial charge on any atom is -0.434 e. The van der Waals surface area contributed by atoms with E-state index in [1.165, 1.54) is 122 Å². The first-order valence-electron chi connectivity index (χ1n) is 18.4. The fourth-order valence-electron chi connectivity index (χ4n) is 10.0. The summed E-state index contributed by atoms with van der Waals surface area (Å²) in [5.41, 5.74) is 2.48. The third kappa shape index (κ3) is 8.35. The highest BCUT2D eigenvalue weighted by molar-refractivity contribution is 5.60. The van der Waals surface area contributed by atoms with Crippen molar-refractivity contribution in [2.45, 2.75) is 181 Å². The molecular formula is C38H66O3. The zero-order valence-electron chi connectivity index (χ0n) is 27.7. The maximum absolute atomic E-state index is 12.5. The van der Waals surface area contributed by atoms with Gasteiger partial charge in [0.2, 0.25) is 0 Å². The predicted molar refractivity (Wildman–Crippen MR) is 172 cm³/mol. The van der Waals surface area contributed by atoms with Crippen molar-refractivity contribution in [1.82, 2.24) is 0 Å². The third-order valence-electron chi connectivity index (χ3n) is 12.6. The monoisotopic (exact) mass is 571 g/mol. The normalized spacial score (nSPS) is 34.3. The summed E-state index contributed by atoms with van der Waals surface area (Å²) >= 11 is 0. The average molecular weight is 571 g/mol. The maximum atomic E-state index is 12.5. The van der Waals surface area contributed by atoms with Gasteiger partial charge < -0.3 is 9.47 Å². The van der Waals surface area contributed by atoms with Crippen molar-refractivity contribution in [2.24, 2.45) is 34.5 Å². The van der Waals surface area contributed by atoms with Crippen LogP contribution >= 0.6 is 0 Å². The Balaban J connectivity index is 1.20. The summed E-state index contributed by atoms with van der Waals surface area (Å²) in [6.07, 6.45) is 32.3. The smallest absolute Gasteiger partial charge is 0.434 e. The number of carbonyl (C=O) groups excluding carboxylic acids is 1. The Morgan fingerprint density at radius 2 is 1.44 bits per heavy atom. The number of allylic oxidation sites excluding steroid dienone is 1. The zero-order valence-corrected chi connectivity index (χ0v) is 27.7. The first-order chi connectivity index (χ1) is 19.9. The highest BCUT2D eigenvalue weighted by atomic mass is 16.7. The van der Waals surface area contributed by atoms with Gasteiger partial charge in [0.15, 0.2) is 0 Å². The molecule has 0 aromatic heterocycles. The van der Waals surface area contributed by atoms with Crippen molar-refractivity contribution in [3.8, 4) is 0 Å². The van der Waals surface area contributed by atoms with Crippen LogP contribution < -0.4 is 0 Å². The molecule has 0 amide bonds. The Hall–Kier alpha value is -0.990. The molecule has 0 N–H and O–H groups in total. The van der Waals surface area contributed by atoms with Crippen LogP contribution in [-0.2, 0) is 9.47 Å². The molecule has 3 nitrogen and oxygen atoms in total. The number of fused-ring (bicyclic) bond motifs is 5. The highest BCUT2D eigenvalue weighted by Gasteiger charge is 2.58. The molecular weight excluding hydrogens is 504 g/mol. The molecule has 3 saturated carbocycles. The van der Waals surface area contributed by atoms with E-state index >= 15 is 0 Å². The van der Waals surface area contributed by atoms with E-state index < -0.39 is 6.16 Å². The van der Waals surface area contributed by atoms with E-state index in [1.807, 2.05) is 0 Å². The fraction of sp³-hybridized carbons (Fsp3) is 0.921. The average Bonchev–Trinajstić information content (AvgIpc) is 3.30. The number of unbranched alkanes of at least 4 members (excludes halogenated alkanes) is 12. The maximum Gasteiger partial charge on any atom is 0.508 e. The van der Waals surface area contributed by atoms with Crippen molar-refractivity contribution in [2.75, 3.05) is 6.61 Å². The van der Waals surface area contributed by atoms with Crippen molar-refractivity contribution in [3.63, 3.8) is 0 Å². The van der Waals surface area contributed by atoms with Crippen LogP contribution in [0.2, 0.25) is 0 Å². The molecule has 0 aliphatic heterocycles. The molecule has 0 heterocycles. The molecule has 0 radical (unpaired) electrons. The number of hydrogen-bond acceptors (Lipinski definition) is 3. The van der Waals surface area contributed by atoms with Crippen LogP contribution in [0.5, 0.6) is 0 Å². The van der Waals surface area contributed by atoms with Crippen LogP contribution in [0.3, 0.4) is 0 Å². The van der Waals surface area contributed by atoms with Crippen LogP contribution in [0.4, 0.5) is 4.79 Å². The molecule has 0 unspecified atom stereocenters. The Labute approximate surface area is 254 Å². The second-order valence-corrected chi connectivity index (χ2v) is 15.2. The largest absolute Gasteiger partial charge is 0.508 e. The Morgan fingerprint density at radius 1 is 0.780 bits per heavy atom. The van der Waals surface area contributed by atoms with Crippen molar-refractivity contribution < 1.29 is 14.3 Å². The molecule has 0 saturated heterocycles. The lowest BCUT2D eigenvalue weighted by molar-refractivity contribution is -0.0563. The van der Waals surface area contributed by atoms with Crippen LogP contribution in [0.15, 0.2) is 11.6 Å². The summed E-state index contributed by atoms with van der Waals surface area (Å²) in [6.45, 7) is 10.3. The zero-order chi connectivity index (χ0) is 29.1. The molecule has 4 aliphatic rings. The summed E-state index contributed by atoms with van der Waals surface area (Å²) in [7, 11) is 0. The van der Waals surface area contributed by atoms with E-state index in [2.05, 4.69) is 33.8 Å². The van der Waals surface area contributed by atoms with Crippen LogP contribution in [-0.4, -0.2) is 18.9 Å². The van der Waals surface area contributed by atoms with Gasteiger partial charge in [-0.2, -0.15) is 0 Å². The molecule has 3 fully saturated rings. The molecule has 0 aromatic rings. The summed E-state index contributed by atoms with van der Waals surface area (Å²) < 4.78 is 11.3. The van der Waals surface area contributed by atoms with Gasteiger partial charge >= 0.3 is 6.16 Å². The van der Waals surface area contributed by atoms with Crippen molar-refractivity contribution in [1.29, 1.82) is 0 Å². The van der Waals surface area contributed by atoms with Gasteiger partial charge in [0, 0.05) is 6.42 Å². The standard InChI is InChI=1S/C38H66O3/c1-5-7-9-11-13-14-16-18-28-40-36(39)41-32-24-26-38(4)31(29-32)20-22-33-34-23-21-30(19-17-15-12-10-8-6-2)37(34,3)27-25-35(33)38/h20,30,32-35H,5-19,21-29H2,1-4H3/t30-,32-,33-,34-,35-,37+,38-/m0/s1. The van der Waals surface area contributed by atoms with E-state index in [4.69, 9.17) is 9.47 Å². The van der Waals surface area contributed by atoms with Gasteiger partial charge in [-0.25, -0.2) is 4.79 Å². The molecule has 7 atom stereocenters. The van der Waals surface area contributed by atoms with E-state index in [0.717, 1.165) is 49.4 Å². The molecule has 4 rings (SSSR count). The SMILES string of the molecule is CCCCCCCCCCOC(=O)O[C@H]1CC[C@@]2(C)C(=CC[C@H]3[C@@H]4CC[C@H](CCCCCCCC)[C@@]4(C)CC[C@@H]32)C1. The van der Waals surface area contributed by atoms with Crippen LogP contribution in [0.25, 0.3) is 0 Å². The summed E-state index contributed by atoms with van der Waals surface area (Å²) in [6, 6.07) is 0. The topological polar surface area (TPSA) is 35.5 Å². The van der Waals surface area contributed by atoms with Crippen molar-refractivity contribution in [3.05, 3.63) is 11.6 Å². The molecule has 41 heavy (non-hydrogen) atoms. The third-order valence-corrected chi connectivity index (χ3v) is 12.6.